The van der Waals surface area contributed by atoms with Gasteiger partial charge in [-0.05, 0) is 55.0 Å². The minimum Gasteiger partial charge on any atom is -0.397 e. The van der Waals surface area contributed by atoms with Crippen molar-refractivity contribution in [1.82, 2.24) is 4.98 Å². The van der Waals surface area contributed by atoms with Gasteiger partial charge in [-0.1, -0.05) is 12.1 Å². The van der Waals surface area contributed by atoms with Gasteiger partial charge in [0.05, 0.1) is 17.6 Å². The van der Waals surface area contributed by atoms with E-state index in [9.17, 15) is 0 Å². The molecule has 0 aliphatic heterocycles. The zero-order chi connectivity index (χ0) is 11.8. The molecule has 1 heterocycles. The van der Waals surface area contributed by atoms with Crippen LogP contribution in [-0.4, -0.2) is 4.98 Å². The summed E-state index contributed by atoms with van der Waals surface area (Å²) in [6, 6.07) is 8.69. The average Bonchev–Trinajstić information content (AvgIpc) is 2.75. The molecule has 0 fully saturated rings. The summed E-state index contributed by atoms with van der Waals surface area (Å²) in [5, 5.41) is 0. The van der Waals surface area contributed by atoms with Crippen molar-refractivity contribution in [2.75, 3.05) is 5.73 Å². The van der Waals surface area contributed by atoms with Crippen molar-refractivity contribution in [2.24, 2.45) is 0 Å². The van der Waals surface area contributed by atoms with Crippen molar-refractivity contribution in [3.63, 3.8) is 0 Å². The van der Waals surface area contributed by atoms with Gasteiger partial charge < -0.3 is 5.73 Å². The van der Waals surface area contributed by atoms with E-state index in [-0.39, 0.29) is 0 Å². The highest BCUT2D eigenvalue weighted by atomic mass is 14.7. The molecule has 2 aromatic rings. The second kappa shape index (κ2) is 3.88. The molecule has 0 saturated carbocycles. The van der Waals surface area contributed by atoms with Crippen molar-refractivity contribution in [3.8, 4) is 11.3 Å². The summed E-state index contributed by atoms with van der Waals surface area (Å²) in [7, 11) is 0. The Morgan fingerprint density at radius 1 is 1.12 bits per heavy atom. The Kier molecular flexibility index (Phi) is 2.36. The molecule has 0 atom stereocenters. The van der Waals surface area contributed by atoms with Gasteiger partial charge in [-0.25, -0.2) is 0 Å². The summed E-state index contributed by atoms with van der Waals surface area (Å²) in [6.45, 7) is 2.06. The number of hydrogen-bond donors (Lipinski definition) is 1. The molecule has 1 aliphatic rings. The fraction of sp³-hybridized carbons (Fsp3) is 0.267. The van der Waals surface area contributed by atoms with Crippen LogP contribution in [0.15, 0.2) is 30.5 Å². The number of aromatic nitrogens is 1. The first kappa shape index (κ1) is 10.3. The summed E-state index contributed by atoms with van der Waals surface area (Å²) < 4.78 is 0. The molecule has 3 rings (SSSR count). The Balaban J connectivity index is 2.09. The molecular formula is C15H16N2. The van der Waals surface area contributed by atoms with Crippen LogP contribution in [0.25, 0.3) is 11.3 Å². The van der Waals surface area contributed by atoms with E-state index in [0.29, 0.717) is 0 Å². The van der Waals surface area contributed by atoms with Gasteiger partial charge in [-0.3, -0.25) is 4.98 Å². The minimum atomic E-state index is 0.729. The number of pyridine rings is 1. The Morgan fingerprint density at radius 3 is 2.76 bits per heavy atom. The van der Waals surface area contributed by atoms with E-state index >= 15 is 0 Å². The number of fused-ring (bicyclic) bond motifs is 1. The first-order valence-electron chi connectivity index (χ1n) is 6.08. The topological polar surface area (TPSA) is 38.9 Å². The number of rotatable bonds is 1. The first-order chi connectivity index (χ1) is 8.24. The summed E-state index contributed by atoms with van der Waals surface area (Å²) in [5.41, 5.74) is 12.9. The third kappa shape index (κ3) is 1.80. The lowest BCUT2D eigenvalue weighted by Gasteiger charge is -2.08. The van der Waals surface area contributed by atoms with Crippen molar-refractivity contribution >= 4 is 5.69 Å². The van der Waals surface area contributed by atoms with Gasteiger partial charge >= 0.3 is 0 Å². The zero-order valence-corrected chi connectivity index (χ0v) is 10.0. The zero-order valence-electron chi connectivity index (χ0n) is 10.0. The lowest BCUT2D eigenvalue weighted by atomic mass is 10.0. The van der Waals surface area contributed by atoms with Crippen molar-refractivity contribution in [3.05, 3.63) is 47.2 Å². The predicted octanol–water partition coefficient (Wildman–Crippen LogP) is 3.13. The Morgan fingerprint density at radius 2 is 1.94 bits per heavy atom. The van der Waals surface area contributed by atoms with Gasteiger partial charge in [0.25, 0.3) is 0 Å². The van der Waals surface area contributed by atoms with E-state index in [2.05, 4.69) is 30.1 Å². The standard InChI is InChI=1S/C15H16N2/c1-10-7-14(16)9-17-15(10)13-6-5-11-3-2-4-12(11)8-13/h5-9H,2-4,16H2,1H3. The van der Waals surface area contributed by atoms with Gasteiger partial charge in [0.2, 0.25) is 0 Å². The summed E-state index contributed by atoms with van der Waals surface area (Å²) in [6.07, 6.45) is 5.45. The van der Waals surface area contributed by atoms with Crippen LogP contribution in [-0.2, 0) is 12.8 Å². The molecule has 1 aliphatic carbocycles. The normalized spacial score (nSPS) is 13.7. The van der Waals surface area contributed by atoms with Crippen LogP contribution in [0.3, 0.4) is 0 Å². The molecule has 1 aromatic carbocycles. The predicted molar refractivity (Wildman–Crippen MR) is 70.8 cm³/mol. The van der Waals surface area contributed by atoms with E-state index in [1.54, 1.807) is 6.20 Å². The average molecular weight is 224 g/mol. The molecule has 17 heavy (non-hydrogen) atoms. The molecule has 0 spiro atoms. The van der Waals surface area contributed by atoms with Gasteiger partial charge in [0, 0.05) is 5.56 Å². The van der Waals surface area contributed by atoms with E-state index in [1.807, 2.05) is 6.07 Å². The molecular weight excluding hydrogens is 208 g/mol. The second-order valence-electron chi connectivity index (χ2n) is 4.77. The van der Waals surface area contributed by atoms with Crippen LogP contribution < -0.4 is 5.73 Å². The molecule has 0 saturated heterocycles. The van der Waals surface area contributed by atoms with Crippen LogP contribution >= 0.6 is 0 Å². The number of nitrogens with two attached hydrogens (primary N) is 1. The van der Waals surface area contributed by atoms with Crippen molar-refractivity contribution in [2.45, 2.75) is 26.2 Å². The molecule has 0 unspecified atom stereocenters. The highest BCUT2D eigenvalue weighted by Gasteiger charge is 2.12. The Labute approximate surface area is 102 Å². The van der Waals surface area contributed by atoms with E-state index in [1.165, 1.54) is 36.0 Å². The van der Waals surface area contributed by atoms with Gasteiger partial charge in [-0.2, -0.15) is 0 Å². The van der Waals surface area contributed by atoms with Crippen LogP contribution in [0.4, 0.5) is 5.69 Å². The number of nitrogens with zero attached hydrogens (tertiary/aromatic N) is 1. The van der Waals surface area contributed by atoms with E-state index in [0.717, 1.165) is 16.9 Å². The van der Waals surface area contributed by atoms with Gasteiger partial charge in [0.15, 0.2) is 0 Å². The number of anilines is 1. The lowest BCUT2D eigenvalue weighted by Crippen LogP contribution is -1.93. The fourth-order valence-corrected chi connectivity index (χ4v) is 2.62. The summed E-state index contributed by atoms with van der Waals surface area (Å²) in [5.74, 6) is 0. The highest BCUT2D eigenvalue weighted by molar-refractivity contribution is 5.66. The molecule has 0 radical (unpaired) electrons. The first-order valence-corrected chi connectivity index (χ1v) is 6.08. The maximum atomic E-state index is 5.73. The fourth-order valence-electron chi connectivity index (χ4n) is 2.62. The lowest BCUT2D eigenvalue weighted by molar-refractivity contribution is 0.912. The van der Waals surface area contributed by atoms with Gasteiger partial charge in [0.1, 0.15) is 0 Å². The Bertz CT molecular complexity index is 573. The van der Waals surface area contributed by atoms with Crippen molar-refractivity contribution in [1.29, 1.82) is 0 Å². The molecule has 2 nitrogen and oxygen atoms in total. The molecule has 1 aromatic heterocycles. The summed E-state index contributed by atoms with van der Waals surface area (Å²) in [4.78, 5) is 4.45. The molecule has 0 bridgehead atoms. The monoisotopic (exact) mass is 224 g/mol. The molecule has 0 amide bonds. The van der Waals surface area contributed by atoms with Crippen LogP contribution in [0.5, 0.6) is 0 Å². The SMILES string of the molecule is Cc1cc(N)cnc1-c1ccc2c(c1)CCC2. The smallest absolute Gasteiger partial charge is 0.0732 e. The Hall–Kier alpha value is -1.83. The van der Waals surface area contributed by atoms with Crippen molar-refractivity contribution < 1.29 is 0 Å². The number of benzene rings is 1. The maximum absolute atomic E-state index is 5.73. The third-order valence-corrected chi connectivity index (χ3v) is 3.47. The van der Waals surface area contributed by atoms with E-state index in [4.69, 9.17) is 5.73 Å². The van der Waals surface area contributed by atoms with E-state index < -0.39 is 0 Å². The maximum Gasteiger partial charge on any atom is 0.0732 e. The number of aryl methyl sites for hydroxylation is 3. The minimum absolute atomic E-state index is 0.729. The van der Waals surface area contributed by atoms with Crippen LogP contribution in [0, 0.1) is 6.92 Å². The van der Waals surface area contributed by atoms with Gasteiger partial charge in [-0.15, -0.1) is 0 Å². The molecule has 2 heteroatoms. The highest BCUT2D eigenvalue weighted by Crippen LogP contribution is 2.28. The van der Waals surface area contributed by atoms with Crippen LogP contribution in [0.2, 0.25) is 0 Å². The number of nitrogen functional groups attached to an aromatic ring is 1. The second-order valence-corrected chi connectivity index (χ2v) is 4.77. The summed E-state index contributed by atoms with van der Waals surface area (Å²) >= 11 is 0. The molecule has 86 valence electrons. The number of hydrogen-bond acceptors (Lipinski definition) is 2. The van der Waals surface area contributed by atoms with Crippen LogP contribution in [0.1, 0.15) is 23.1 Å². The quantitative estimate of drug-likeness (QED) is 0.808. The largest absolute Gasteiger partial charge is 0.397 e. The third-order valence-electron chi connectivity index (χ3n) is 3.47. The molecule has 2 N–H and O–H groups in total.